The number of unbranched alkanes of at least 4 members (excludes halogenated alkanes) is 3. The minimum Gasteiger partial charge on any atom is -0.309 e. The van der Waals surface area contributed by atoms with Gasteiger partial charge in [0.15, 0.2) is 0 Å². The lowest BCUT2D eigenvalue weighted by Gasteiger charge is -2.23. The van der Waals surface area contributed by atoms with Crippen LogP contribution in [0.3, 0.4) is 0 Å². The van der Waals surface area contributed by atoms with Gasteiger partial charge in [-0.3, -0.25) is 0 Å². The lowest BCUT2D eigenvalue weighted by molar-refractivity contribution is 0.0543. The number of hydrogen-bond donors (Lipinski definition) is 0. The van der Waals surface area contributed by atoms with E-state index in [4.69, 9.17) is 0 Å². The van der Waals surface area contributed by atoms with Crippen molar-refractivity contribution in [1.29, 1.82) is 0 Å². The van der Waals surface area contributed by atoms with Crippen molar-refractivity contribution in [3.05, 3.63) is 0 Å². The third kappa shape index (κ3) is 8.77. The first-order chi connectivity index (χ1) is 11.3. The Morgan fingerprint density at radius 3 is 1.46 bits per heavy atom. The molecular formula is C19H43N5. The standard InChI is InChI=1S/C11H27N3.C8H16N2/c1-12(2)10-8-6-7-9-11-14(5)13(3)4;1-9-3-7-5-10(2)6-8(7)4-9/h6-11H2,1-5H3;7-8H,3-6H2,1-2H3. The minimum atomic E-state index is 0.981. The van der Waals surface area contributed by atoms with Crippen LogP contribution in [0.25, 0.3) is 0 Å². The van der Waals surface area contributed by atoms with Crippen LogP contribution in [0, 0.1) is 11.8 Å². The summed E-state index contributed by atoms with van der Waals surface area (Å²) in [5.74, 6) is 1.96. The Bertz CT molecular complexity index is 293. The van der Waals surface area contributed by atoms with Crippen LogP contribution in [0.5, 0.6) is 0 Å². The average Bonchev–Trinajstić information content (AvgIpc) is 2.98. The summed E-state index contributed by atoms with van der Waals surface area (Å²) in [5.41, 5.74) is 0. The molecule has 0 saturated carbocycles. The van der Waals surface area contributed by atoms with Gasteiger partial charge in [-0.15, -0.1) is 0 Å². The molecule has 0 spiro atoms. The number of fused-ring (bicyclic) bond motifs is 1. The second kappa shape index (κ2) is 11.4. The maximum Gasteiger partial charge on any atom is 0.0130 e. The zero-order valence-corrected chi connectivity index (χ0v) is 17.5. The van der Waals surface area contributed by atoms with Crippen molar-refractivity contribution < 1.29 is 0 Å². The molecule has 2 saturated heterocycles. The van der Waals surface area contributed by atoms with Crippen molar-refractivity contribution in [1.82, 2.24) is 24.7 Å². The van der Waals surface area contributed by atoms with Crippen molar-refractivity contribution in [2.24, 2.45) is 11.8 Å². The van der Waals surface area contributed by atoms with Crippen molar-refractivity contribution in [2.75, 3.05) is 88.6 Å². The van der Waals surface area contributed by atoms with Gasteiger partial charge in [-0.25, -0.2) is 10.0 Å². The van der Waals surface area contributed by atoms with E-state index < -0.39 is 0 Å². The van der Waals surface area contributed by atoms with E-state index in [1.807, 2.05) is 0 Å². The molecule has 0 unspecified atom stereocenters. The molecule has 0 atom stereocenters. The second-order valence-corrected chi connectivity index (χ2v) is 8.41. The van der Waals surface area contributed by atoms with Gasteiger partial charge in [-0.05, 0) is 59.4 Å². The molecule has 2 rings (SSSR count). The SMILES string of the molecule is CN(C)CCCCCCN(C)N(C)C.CN1CC2CN(C)CC2C1. The zero-order chi connectivity index (χ0) is 18.1. The van der Waals surface area contributed by atoms with E-state index in [1.165, 1.54) is 65.0 Å². The fraction of sp³-hybridized carbons (Fsp3) is 1.00. The topological polar surface area (TPSA) is 16.2 Å². The molecule has 0 aliphatic carbocycles. The van der Waals surface area contributed by atoms with E-state index in [9.17, 15) is 0 Å². The molecule has 0 bridgehead atoms. The molecule has 2 fully saturated rings. The van der Waals surface area contributed by atoms with E-state index in [0.717, 1.165) is 11.8 Å². The maximum atomic E-state index is 2.46. The third-order valence-electron chi connectivity index (χ3n) is 5.37. The summed E-state index contributed by atoms with van der Waals surface area (Å²) >= 11 is 0. The molecule has 2 aliphatic rings. The second-order valence-electron chi connectivity index (χ2n) is 8.41. The van der Waals surface area contributed by atoms with Crippen LogP contribution >= 0.6 is 0 Å². The first-order valence-electron chi connectivity index (χ1n) is 9.69. The summed E-state index contributed by atoms with van der Waals surface area (Å²) < 4.78 is 0. The van der Waals surface area contributed by atoms with Crippen LogP contribution in [0.2, 0.25) is 0 Å². The zero-order valence-electron chi connectivity index (χ0n) is 17.5. The molecule has 2 heterocycles. The van der Waals surface area contributed by atoms with Crippen molar-refractivity contribution in [2.45, 2.75) is 25.7 Å². The Kier molecular flexibility index (Phi) is 10.4. The average molecular weight is 342 g/mol. The van der Waals surface area contributed by atoms with Crippen LogP contribution in [0.15, 0.2) is 0 Å². The fourth-order valence-electron chi connectivity index (χ4n) is 3.78. The summed E-state index contributed by atoms with van der Waals surface area (Å²) in [4.78, 5) is 7.18. The lowest BCUT2D eigenvalue weighted by Crippen LogP contribution is -2.33. The van der Waals surface area contributed by atoms with Gasteiger partial charge in [0.2, 0.25) is 0 Å². The normalized spacial score (nSPS) is 24.8. The van der Waals surface area contributed by atoms with Gasteiger partial charge in [0.1, 0.15) is 0 Å². The quantitative estimate of drug-likeness (QED) is 0.491. The molecule has 5 heteroatoms. The Morgan fingerprint density at radius 1 is 0.667 bits per heavy atom. The number of nitrogens with zero attached hydrogens (tertiary/aromatic N) is 5. The first-order valence-corrected chi connectivity index (χ1v) is 9.69. The van der Waals surface area contributed by atoms with Gasteiger partial charge in [0.25, 0.3) is 0 Å². The smallest absolute Gasteiger partial charge is 0.0130 e. The Morgan fingerprint density at radius 2 is 1.08 bits per heavy atom. The first kappa shape index (κ1) is 21.8. The third-order valence-corrected chi connectivity index (χ3v) is 5.37. The highest BCUT2D eigenvalue weighted by molar-refractivity contribution is 4.90. The van der Waals surface area contributed by atoms with Gasteiger partial charge in [0.05, 0.1) is 0 Å². The van der Waals surface area contributed by atoms with Crippen LogP contribution < -0.4 is 0 Å². The number of rotatable bonds is 8. The summed E-state index contributed by atoms with van der Waals surface area (Å²) in [6.07, 6.45) is 5.35. The highest BCUT2D eigenvalue weighted by Gasteiger charge is 2.36. The Labute approximate surface area is 151 Å². The van der Waals surface area contributed by atoms with E-state index in [-0.39, 0.29) is 0 Å². The molecule has 0 amide bonds. The van der Waals surface area contributed by atoms with Gasteiger partial charge >= 0.3 is 0 Å². The molecule has 144 valence electrons. The molecule has 24 heavy (non-hydrogen) atoms. The Balaban J connectivity index is 0.000000250. The summed E-state index contributed by atoms with van der Waals surface area (Å²) in [5, 5.41) is 4.39. The Hall–Kier alpha value is -0.200. The van der Waals surface area contributed by atoms with E-state index in [0.29, 0.717) is 0 Å². The lowest BCUT2D eigenvalue weighted by atomic mass is 10.0. The molecule has 0 aromatic heterocycles. The summed E-state index contributed by atoms with van der Waals surface area (Å²) in [6, 6.07) is 0. The van der Waals surface area contributed by atoms with Gasteiger partial charge < -0.3 is 14.7 Å². The molecule has 0 aromatic rings. The molecule has 5 nitrogen and oxygen atoms in total. The number of hydrogen-bond acceptors (Lipinski definition) is 5. The van der Waals surface area contributed by atoms with Crippen LogP contribution in [-0.2, 0) is 0 Å². The van der Waals surface area contributed by atoms with Crippen molar-refractivity contribution in [3.63, 3.8) is 0 Å². The molecule has 0 aromatic carbocycles. The molecular weight excluding hydrogens is 298 g/mol. The van der Waals surface area contributed by atoms with Crippen LogP contribution in [-0.4, -0.2) is 113 Å². The van der Waals surface area contributed by atoms with E-state index in [1.54, 1.807) is 0 Å². The maximum absolute atomic E-state index is 2.46. The van der Waals surface area contributed by atoms with Crippen molar-refractivity contribution >= 4 is 0 Å². The molecule has 0 N–H and O–H groups in total. The highest BCUT2D eigenvalue weighted by Crippen LogP contribution is 2.28. The van der Waals surface area contributed by atoms with E-state index >= 15 is 0 Å². The molecule has 2 aliphatic heterocycles. The van der Waals surface area contributed by atoms with Gasteiger partial charge in [-0.1, -0.05) is 12.8 Å². The van der Waals surface area contributed by atoms with Crippen molar-refractivity contribution in [3.8, 4) is 0 Å². The van der Waals surface area contributed by atoms with E-state index in [2.05, 4.69) is 74.1 Å². The molecule has 0 radical (unpaired) electrons. The summed E-state index contributed by atoms with van der Waals surface area (Å²) in [7, 11) is 15.1. The van der Waals surface area contributed by atoms with Gasteiger partial charge in [0, 0.05) is 53.9 Å². The minimum absolute atomic E-state index is 0.981. The van der Waals surface area contributed by atoms with Gasteiger partial charge in [-0.2, -0.15) is 0 Å². The number of hydrazine groups is 1. The predicted molar refractivity (Wildman–Crippen MR) is 105 cm³/mol. The van der Waals surface area contributed by atoms with Crippen LogP contribution in [0.4, 0.5) is 0 Å². The fourth-order valence-corrected chi connectivity index (χ4v) is 3.78. The summed E-state index contributed by atoms with van der Waals surface area (Å²) in [6.45, 7) is 7.71. The number of likely N-dealkylation sites (tertiary alicyclic amines) is 2. The highest BCUT2D eigenvalue weighted by atomic mass is 15.6. The monoisotopic (exact) mass is 341 g/mol. The van der Waals surface area contributed by atoms with Crippen LogP contribution in [0.1, 0.15) is 25.7 Å². The predicted octanol–water partition coefficient (Wildman–Crippen LogP) is 1.63. The largest absolute Gasteiger partial charge is 0.309 e.